The molecule has 0 saturated carbocycles. The molecule has 1 aliphatic carbocycles. The molecule has 2 heterocycles. The van der Waals surface area contributed by atoms with Gasteiger partial charge in [-0.15, -0.1) is 22.7 Å². The van der Waals surface area contributed by atoms with Gasteiger partial charge in [0, 0.05) is 10.4 Å². The lowest BCUT2D eigenvalue weighted by Crippen LogP contribution is -2.11. The minimum Gasteiger partial charge on any atom is -0.312 e. The molecule has 2 aromatic heterocycles. The van der Waals surface area contributed by atoms with Gasteiger partial charge in [0.2, 0.25) is 0 Å². The van der Waals surface area contributed by atoms with Crippen LogP contribution in [0.2, 0.25) is 0 Å². The van der Waals surface area contributed by atoms with Crippen LogP contribution in [0.3, 0.4) is 0 Å². The number of aryl methyl sites for hydroxylation is 2. The number of benzene rings is 1. The van der Waals surface area contributed by atoms with E-state index < -0.39 is 0 Å². The van der Waals surface area contributed by atoms with Crippen molar-refractivity contribution in [3.05, 3.63) is 56.9 Å². The van der Waals surface area contributed by atoms with E-state index in [2.05, 4.69) is 16.4 Å². The zero-order chi connectivity index (χ0) is 17.4. The zero-order valence-corrected chi connectivity index (χ0v) is 15.3. The van der Waals surface area contributed by atoms with Crippen LogP contribution in [0.25, 0.3) is 10.6 Å². The third kappa shape index (κ3) is 2.86. The number of hydrogen-bond donors (Lipinski definition) is 1. The van der Waals surface area contributed by atoms with Crippen LogP contribution in [0, 0.1) is 18.3 Å². The van der Waals surface area contributed by atoms with E-state index >= 15 is 0 Å². The number of hydrogen-bond acceptors (Lipinski definition) is 5. The summed E-state index contributed by atoms with van der Waals surface area (Å²) in [6, 6.07) is 12.1. The molecule has 1 N–H and O–H groups in total. The lowest BCUT2D eigenvalue weighted by Gasteiger charge is -2.02. The van der Waals surface area contributed by atoms with Gasteiger partial charge in [0.15, 0.2) is 0 Å². The van der Waals surface area contributed by atoms with Crippen LogP contribution in [0.4, 0.5) is 5.00 Å². The van der Waals surface area contributed by atoms with Gasteiger partial charge in [-0.05, 0) is 31.7 Å². The zero-order valence-electron chi connectivity index (χ0n) is 13.6. The molecule has 1 amide bonds. The molecule has 0 unspecified atom stereocenters. The largest absolute Gasteiger partial charge is 0.312 e. The normalized spacial score (nSPS) is 12.6. The summed E-state index contributed by atoms with van der Waals surface area (Å²) in [5.74, 6) is -0.186. The van der Waals surface area contributed by atoms with Crippen molar-refractivity contribution in [1.82, 2.24) is 4.98 Å². The second-order valence-corrected chi connectivity index (χ2v) is 8.03. The third-order valence-electron chi connectivity index (χ3n) is 4.28. The first kappa shape index (κ1) is 16.0. The van der Waals surface area contributed by atoms with Gasteiger partial charge in [0.25, 0.3) is 5.91 Å². The molecule has 0 fully saturated rings. The van der Waals surface area contributed by atoms with Gasteiger partial charge in [0.05, 0.1) is 11.3 Å². The molecule has 0 saturated heterocycles. The molecule has 4 rings (SSSR count). The Morgan fingerprint density at radius 1 is 1.24 bits per heavy atom. The quantitative estimate of drug-likeness (QED) is 0.725. The molecule has 1 aliphatic rings. The summed E-state index contributed by atoms with van der Waals surface area (Å²) in [5.41, 5.74) is 3.47. The Labute approximate surface area is 153 Å². The second kappa shape index (κ2) is 6.43. The minimum atomic E-state index is -0.186. The van der Waals surface area contributed by atoms with Crippen molar-refractivity contribution >= 4 is 33.6 Å². The fourth-order valence-electron chi connectivity index (χ4n) is 3.08. The average molecular weight is 365 g/mol. The van der Waals surface area contributed by atoms with E-state index in [0.29, 0.717) is 21.1 Å². The summed E-state index contributed by atoms with van der Waals surface area (Å²) < 4.78 is 0. The maximum Gasteiger partial charge on any atom is 0.268 e. The summed E-state index contributed by atoms with van der Waals surface area (Å²) in [5, 5.41) is 13.9. The van der Waals surface area contributed by atoms with Crippen LogP contribution < -0.4 is 5.32 Å². The van der Waals surface area contributed by atoms with Crippen LogP contribution in [0.1, 0.15) is 37.8 Å². The number of carbonyl (C=O) groups is 1. The van der Waals surface area contributed by atoms with E-state index in [1.54, 1.807) is 0 Å². The molecule has 0 bridgehead atoms. The maximum absolute atomic E-state index is 12.7. The number of anilines is 1. The molecule has 0 atom stereocenters. The predicted molar refractivity (Wildman–Crippen MR) is 101 cm³/mol. The summed E-state index contributed by atoms with van der Waals surface area (Å²) in [4.78, 5) is 19.1. The lowest BCUT2D eigenvalue weighted by atomic mass is 10.1. The van der Waals surface area contributed by atoms with Gasteiger partial charge in [0.1, 0.15) is 21.0 Å². The summed E-state index contributed by atoms with van der Waals surface area (Å²) in [7, 11) is 0. The molecular weight excluding hydrogens is 350 g/mol. The highest BCUT2D eigenvalue weighted by molar-refractivity contribution is 7.18. The van der Waals surface area contributed by atoms with E-state index in [9.17, 15) is 10.1 Å². The van der Waals surface area contributed by atoms with E-state index in [0.717, 1.165) is 35.4 Å². The molecule has 1 aromatic carbocycles. The summed E-state index contributed by atoms with van der Waals surface area (Å²) >= 11 is 2.92. The molecule has 0 spiro atoms. The Hall–Kier alpha value is -2.49. The molecule has 0 radical (unpaired) electrons. The Morgan fingerprint density at radius 3 is 2.80 bits per heavy atom. The Balaban J connectivity index is 1.63. The van der Waals surface area contributed by atoms with E-state index in [4.69, 9.17) is 0 Å². The predicted octanol–water partition coefficient (Wildman–Crippen LogP) is 4.79. The summed E-state index contributed by atoms with van der Waals surface area (Å²) in [6.07, 6.45) is 3.03. The first-order valence-corrected chi connectivity index (χ1v) is 9.69. The van der Waals surface area contributed by atoms with E-state index in [-0.39, 0.29) is 5.91 Å². The van der Waals surface area contributed by atoms with Gasteiger partial charge < -0.3 is 5.32 Å². The van der Waals surface area contributed by atoms with E-state index in [1.165, 1.54) is 27.6 Å². The van der Waals surface area contributed by atoms with Crippen molar-refractivity contribution in [2.45, 2.75) is 26.2 Å². The van der Waals surface area contributed by atoms with Gasteiger partial charge >= 0.3 is 0 Å². The van der Waals surface area contributed by atoms with Crippen molar-refractivity contribution in [3.63, 3.8) is 0 Å². The standard InChI is InChI=1S/C19H15N3OS2/c1-11-16(25-18(21-11)12-6-3-2-4-7-12)17(23)22-19-14(10-20)13-8-5-9-15(13)24-19/h2-4,6-7H,5,8-9H2,1H3,(H,22,23). The monoisotopic (exact) mass is 365 g/mol. The van der Waals surface area contributed by atoms with Gasteiger partial charge in [-0.1, -0.05) is 30.3 Å². The van der Waals surface area contributed by atoms with Crippen LogP contribution in [0.5, 0.6) is 0 Å². The number of nitrogens with one attached hydrogen (secondary N) is 1. The number of nitrogens with zero attached hydrogens (tertiary/aromatic N) is 2. The van der Waals surface area contributed by atoms with Crippen LogP contribution >= 0.6 is 22.7 Å². The van der Waals surface area contributed by atoms with Crippen molar-refractivity contribution in [2.75, 3.05) is 5.32 Å². The minimum absolute atomic E-state index is 0.186. The van der Waals surface area contributed by atoms with Crippen LogP contribution in [-0.2, 0) is 12.8 Å². The summed E-state index contributed by atoms with van der Waals surface area (Å²) in [6.45, 7) is 1.84. The first-order valence-electron chi connectivity index (χ1n) is 8.06. The number of thiazole rings is 1. The first-order chi connectivity index (χ1) is 12.2. The number of aromatic nitrogens is 1. The number of rotatable bonds is 3. The van der Waals surface area contributed by atoms with Crippen LogP contribution in [0.15, 0.2) is 30.3 Å². The number of nitriles is 1. The third-order valence-corrected chi connectivity index (χ3v) is 6.70. The number of amides is 1. The van der Waals surface area contributed by atoms with Crippen LogP contribution in [-0.4, -0.2) is 10.9 Å². The fourth-order valence-corrected chi connectivity index (χ4v) is 5.28. The molecular formula is C19H15N3OS2. The van der Waals surface area contributed by atoms with Crippen molar-refractivity contribution < 1.29 is 4.79 Å². The topological polar surface area (TPSA) is 65.8 Å². The average Bonchev–Trinajstić information content (AvgIpc) is 3.30. The molecule has 4 nitrogen and oxygen atoms in total. The van der Waals surface area contributed by atoms with Gasteiger partial charge in [-0.25, -0.2) is 4.98 Å². The fraction of sp³-hybridized carbons (Fsp3) is 0.211. The SMILES string of the molecule is Cc1nc(-c2ccccc2)sc1C(=O)Nc1sc2c(c1C#N)CCC2. The molecule has 25 heavy (non-hydrogen) atoms. The van der Waals surface area contributed by atoms with Crippen molar-refractivity contribution in [1.29, 1.82) is 5.26 Å². The Morgan fingerprint density at radius 2 is 2.04 bits per heavy atom. The van der Waals surface area contributed by atoms with Gasteiger partial charge in [-0.2, -0.15) is 5.26 Å². The molecule has 124 valence electrons. The lowest BCUT2D eigenvalue weighted by molar-refractivity contribution is 0.103. The Bertz CT molecular complexity index is 996. The molecule has 0 aliphatic heterocycles. The van der Waals surface area contributed by atoms with Crippen molar-refractivity contribution in [2.24, 2.45) is 0 Å². The number of carbonyl (C=O) groups excluding carboxylic acids is 1. The van der Waals surface area contributed by atoms with Gasteiger partial charge in [-0.3, -0.25) is 4.79 Å². The Kier molecular flexibility index (Phi) is 4.12. The molecule has 6 heteroatoms. The number of fused-ring (bicyclic) bond motifs is 1. The highest BCUT2D eigenvalue weighted by Gasteiger charge is 2.24. The highest BCUT2D eigenvalue weighted by atomic mass is 32.1. The second-order valence-electron chi connectivity index (χ2n) is 5.93. The molecule has 3 aromatic rings. The van der Waals surface area contributed by atoms with E-state index in [1.807, 2.05) is 37.3 Å². The maximum atomic E-state index is 12.7. The smallest absolute Gasteiger partial charge is 0.268 e. The van der Waals surface area contributed by atoms with Crippen molar-refractivity contribution in [3.8, 4) is 16.6 Å². The number of thiophene rings is 1. The highest BCUT2D eigenvalue weighted by Crippen LogP contribution is 2.39.